The maximum absolute atomic E-state index is 11.8. The summed E-state index contributed by atoms with van der Waals surface area (Å²) in [6.07, 6.45) is 3.80. The lowest BCUT2D eigenvalue weighted by molar-refractivity contribution is -0.130. The van der Waals surface area contributed by atoms with Gasteiger partial charge in [0.2, 0.25) is 11.9 Å². The van der Waals surface area contributed by atoms with Crippen LogP contribution in [0.2, 0.25) is 0 Å². The van der Waals surface area contributed by atoms with Crippen molar-refractivity contribution in [2.45, 2.75) is 25.8 Å². The number of alkyl halides is 1. The van der Waals surface area contributed by atoms with Crippen molar-refractivity contribution in [3.63, 3.8) is 0 Å². The summed E-state index contributed by atoms with van der Waals surface area (Å²) in [7, 11) is 0. The molecule has 5 nitrogen and oxygen atoms in total. The zero-order valence-electron chi connectivity index (χ0n) is 10.8. The lowest BCUT2D eigenvalue weighted by Crippen LogP contribution is -2.51. The van der Waals surface area contributed by atoms with E-state index in [0.29, 0.717) is 13.1 Å². The van der Waals surface area contributed by atoms with E-state index in [1.165, 1.54) is 0 Å². The van der Waals surface area contributed by atoms with E-state index in [-0.39, 0.29) is 5.91 Å². The van der Waals surface area contributed by atoms with Crippen LogP contribution < -0.4 is 4.90 Å². The zero-order valence-corrected chi connectivity index (χ0v) is 11.6. The molecule has 1 aliphatic heterocycles. The van der Waals surface area contributed by atoms with Gasteiger partial charge in [-0.3, -0.25) is 4.79 Å². The number of aryl methyl sites for hydroxylation is 1. The summed E-state index contributed by atoms with van der Waals surface area (Å²) >= 11 is 5.82. The van der Waals surface area contributed by atoms with Crippen LogP contribution in [0.4, 0.5) is 5.95 Å². The summed E-state index contributed by atoms with van der Waals surface area (Å²) in [6, 6.07) is 0. The van der Waals surface area contributed by atoms with Gasteiger partial charge < -0.3 is 14.4 Å². The predicted molar refractivity (Wildman–Crippen MR) is 72.0 cm³/mol. The van der Waals surface area contributed by atoms with Crippen LogP contribution in [0.5, 0.6) is 0 Å². The Balaban J connectivity index is 1.96. The number of hydrogen-bond donors (Lipinski definition) is 0. The monoisotopic (exact) mass is 270 g/mol. The number of piperazine rings is 1. The van der Waals surface area contributed by atoms with Crippen molar-refractivity contribution in [1.82, 2.24) is 14.5 Å². The predicted octanol–water partition coefficient (Wildman–Crippen LogP) is 1.18. The molecule has 0 saturated carbocycles. The molecule has 1 unspecified atom stereocenters. The molecule has 1 fully saturated rings. The highest BCUT2D eigenvalue weighted by atomic mass is 35.5. The first-order chi connectivity index (χ1) is 8.63. The fourth-order valence-electron chi connectivity index (χ4n) is 2.21. The zero-order chi connectivity index (χ0) is 13.1. The average molecular weight is 271 g/mol. The minimum atomic E-state index is -0.436. The SMILES string of the molecule is CCn1ccnc1N1CCN(C(=O)C(C)Cl)CC1. The molecule has 18 heavy (non-hydrogen) atoms. The van der Waals surface area contributed by atoms with Gasteiger partial charge in [0.1, 0.15) is 5.38 Å². The molecule has 0 spiro atoms. The van der Waals surface area contributed by atoms with Crippen molar-refractivity contribution in [3.05, 3.63) is 12.4 Å². The number of amides is 1. The Morgan fingerprint density at radius 3 is 2.67 bits per heavy atom. The number of hydrogen-bond acceptors (Lipinski definition) is 3. The minimum absolute atomic E-state index is 0.0233. The summed E-state index contributed by atoms with van der Waals surface area (Å²) in [5.41, 5.74) is 0. The molecule has 2 rings (SSSR count). The van der Waals surface area contributed by atoms with Gasteiger partial charge in [-0.05, 0) is 13.8 Å². The summed E-state index contributed by atoms with van der Waals surface area (Å²) in [5.74, 6) is 1.01. The van der Waals surface area contributed by atoms with E-state index < -0.39 is 5.38 Å². The van der Waals surface area contributed by atoms with E-state index in [2.05, 4.69) is 21.4 Å². The summed E-state index contributed by atoms with van der Waals surface area (Å²) in [5, 5.41) is -0.436. The Bertz CT molecular complexity index is 410. The van der Waals surface area contributed by atoms with Crippen LogP contribution in [0, 0.1) is 0 Å². The lowest BCUT2D eigenvalue weighted by Gasteiger charge is -2.35. The Kier molecular flexibility index (Phi) is 4.11. The van der Waals surface area contributed by atoms with Crippen molar-refractivity contribution < 1.29 is 4.79 Å². The van der Waals surface area contributed by atoms with Gasteiger partial charge in [-0.25, -0.2) is 4.98 Å². The number of rotatable bonds is 3. The van der Waals surface area contributed by atoms with Crippen LogP contribution in [-0.4, -0.2) is 51.9 Å². The van der Waals surface area contributed by atoms with Crippen molar-refractivity contribution in [1.29, 1.82) is 0 Å². The van der Waals surface area contributed by atoms with Gasteiger partial charge in [-0.1, -0.05) is 0 Å². The van der Waals surface area contributed by atoms with Crippen LogP contribution in [0.3, 0.4) is 0 Å². The van der Waals surface area contributed by atoms with Crippen molar-refractivity contribution in [2.24, 2.45) is 0 Å². The van der Waals surface area contributed by atoms with E-state index >= 15 is 0 Å². The number of aromatic nitrogens is 2. The highest BCUT2D eigenvalue weighted by Crippen LogP contribution is 2.15. The fraction of sp³-hybridized carbons (Fsp3) is 0.667. The van der Waals surface area contributed by atoms with Crippen LogP contribution >= 0.6 is 11.6 Å². The molecular formula is C12H19ClN4O. The molecular weight excluding hydrogens is 252 g/mol. The molecule has 0 N–H and O–H groups in total. The first-order valence-electron chi connectivity index (χ1n) is 6.32. The minimum Gasteiger partial charge on any atom is -0.339 e. The number of carbonyl (C=O) groups is 1. The normalized spacial score (nSPS) is 17.9. The molecule has 1 aromatic heterocycles. The summed E-state index contributed by atoms with van der Waals surface area (Å²) < 4.78 is 2.11. The third-order valence-corrected chi connectivity index (χ3v) is 3.44. The largest absolute Gasteiger partial charge is 0.339 e. The molecule has 1 saturated heterocycles. The first-order valence-corrected chi connectivity index (χ1v) is 6.76. The molecule has 1 amide bonds. The van der Waals surface area contributed by atoms with Gasteiger partial charge in [0, 0.05) is 45.1 Å². The molecule has 0 radical (unpaired) electrons. The van der Waals surface area contributed by atoms with Crippen molar-refractivity contribution in [2.75, 3.05) is 31.1 Å². The quantitative estimate of drug-likeness (QED) is 0.775. The Labute approximate surface area is 112 Å². The second-order valence-corrected chi connectivity index (χ2v) is 5.10. The van der Waals surface area contributed by atoms with Gasteiger partial charge in [0.05, 0.1) is 0 Å². The Morgan fingerprint density at radius 2 is 2.11 bits per heavy atom. The van der Waals surface area contributed by atoms with Gasteiger partial charge in [-0.15, -0.1) is 11.6 Å². The van der Waals surface area contributed by atoms with Crippen LogP contribution in [-0.2, 0) is 11.3 Å². The van der Waals surface area contributed by atoms with Crippen LogP contribution in [0.1, 0.15) is 13.8 Å². The van der Waals surface area contributed by atoms with Crippen LogP contribution in [0.15, 0.2) is 12.4 Å². The maximum Gasteiger partial charge on any atom is 0.240 e. The van der Waals surface area contributed by atoms with Gasteiger partial charge in [-0.2, -0.15) is 0 Å². The highest BCUT2D eigenvalue weighted by Gasteiger charge is 2.25. The number of imidazole rings is 1. The second kappa shape index (κ2) is 5.61. The molecule has 2 heterocycles. The third-order valence-electron chi connectivity index (χ3n) is 3.25. The number of nitrogens with zero attached hydrogens (tertiary/aromatic N) is 4. The fourth-order valence-corrected chi connectivity index (χ4v) is 2.35. The van der Waals surface area contributed by atoms with Gasteiger partial charge in [0.25, 0.3) is 0 Å². The molecule has 1 aromatic rings. The summed E-state index contributed by atoms with van der Waals surface area (Å²) in [4.78, 5) is 20.2. The van der Waals surface area contributed by atoms with E-state index in [4.69, 9.17) is 11.6 Å². The molecule has 1 atom stereocenters. The van der Waals surface area contributed by atoms with E-state index in [0.717, 1.165) is 25.6 Å². The second-order valence-electron chi connectivity index (χ2n) is 4.44. The molecule has 1 aliphatic rings. The maximum atomic E-state index is 11.8. The topological polar surface area (TPSA) is 41.4 Å². The summed E-state index contributed by atoms with van der Waals surface area (Å²) in [6.45, 7) is 7.78. The molecule has 0 bridgehead atoms. The Morgan fingerprint density at radius 1 is 1.44 bits per heavy atom. The van der Waals surface area contributed by atoms with E-state index in [9.17, 15) is 4.79 Å². The number of anilines is 1. The van der Waals surface area contributed by atoms with Gasteiger partial charge in [0.15, 0.2) is 0 Å². The molecule has 6 heteroatoms. The first kappa shape index (κ1) is 13.2. The third kappa shape index (κ3) is 2.61. The molecule has 0 aliphatic carbocycles. The van der Waals surface area contributed by atoms with Gasteiger partial charge >= 0.3 is 0 Å². The van der Waals surface area contributed by atoms with E-state index in [1.807, 2.05) is 17.3 Å². The standard InChI is InChI=1S/C12H19ClN4O/c1-3-15-5-4-14-12(15)17-8-6-16(7-9-17)11(18)10(2)13/h4-5,10H,3,6-9H2,1-2H3. The van der Waals surface area contributed by atoms with E-state index in [1.54, 1.807) is 6.92 Å². The van der Waals surface area contributed by atoms with Crippen molar-refractivity contribution >= 4 is 23.5 Å². The van der Waals surface area contributed by atoms with Crippen LogP contribution in [0.25, 0.3) is 0 Å². The Hall–Kier alpha value is -1.23. The highest BCUT2D eigenvalue weighted by molar-refractivity contribution is 6.30. The van der Waals surface area contributed by atoms with Crippen molar-refractivity contribution in [3.8, 4) is 0 Å². The number of halogens is 1. The molecule has 100 valence electrons. The smallest absolute Gasteiger partial charge is 0.240 e. The average Bonchev–Trinajstić information content (AvgIpc) is 2.86. The molecule has 0 aromatic carbocycles. The number of carbonyl (C=O) groups excluding carboxylic acids is 1. The lowest BCUT2D eigenvalue weighted by atomic mass is 10.3.